The first-order valence-electron chi connectivity index (χ1n) is 9.54. The molecule has 1 fully saturated rings. The molecule has 0 spiro atoms. The van der Waals surface area contributed by atoms with Crippen LogP contribution in [0.3, 0.4) is 0 Å². The van der Waals surface area contributed by atoms with Crippen molar-refractivity contribution in [2.45, 2.75) is 76.9 Å². The molecule has 142 valence electrons. The van der Waals surface area contributed by atoms with Crippen LogP contribution in [0.5, 0.6) is 0 Å². The maximum Gasteiger partial charge on any atom is 0.303 e. The third-order valence-electron chi connectivity index (χ3n) is 4.88. The van der Waals surface area contributed by atoms with Crippen LogP contribution in [0.1, 0.15) is 64.7 Å². The highest BCUT2D eigenvalue weighted by Crippen LogP contribution is 2.39. The molecule has 4 nitrogen and oxygen atoms in total. The van der Waals surface area contributed by atoms with E-state index in [0.717, 1.165) is 44.1 Å². The van der Waals surface area contributed by atoms with Gasteiger partial charge in [-0.15, -0.1) is 0 Å². The highest BCUT2D eigenvalue weighted by atomic mass is 16.4. The number of hydrogen-bond acceptors (Lipinski definition) is 3. The van der Waals surface area contributed by atoms with E-state index in [1.165, 1.54) is 0 Å². The summed E-state index contributed by atoms with van der Waals surface area (Å²) in [5.41, 5.74) is 1.05. The predicted molar refractivity (Wildman–Crippen MR) is 101 cm³/mol. The zero-order valence-electron chi connectivity index (χ0n) is 15.4. The van der Waals surface area contributed by atoms with Gasteiger partial charge in [0.05, 0.1) is 12.2 Å². The zero-order valence-corrected chi connectivity index (χ0v) is 15.4. The topological polar surface area (TPSA) is 77.8 Å². The van der Waals surface area contributed by atoms with Crippen LogP contribution >= 0.6 is 0 Å². The number of allylic oxidation sites excluding steroid dienone is 2. The van der Waals surface area contributed by atoms with Crippen LogP contribution in [0.2, 0.25) is 0 Å². The Morgan fingerprint density at radius 3 is 2.76 bits per heavy atom. The number of aliphatic hydroxyl groups is 2. The van der Waals surface area contributed by atoms with Crippen molar-refractivity contribution in [1.82, 2.24) is 0 Å². The van der Waals surface area contributed by atoms with Crippen molar-refractivity contribution in [1.29, 1.82) is 0 Å². The lowest BCUT2D eigenvalue weighted by Gasteiger charge is -2.18. The fraction of sp³-hybridized carbons (Fsp3) is 0.667. The Bertz CT molecular complexity index is 467. The summed E-state index contributed by atoms with van der Waals surface area (Å²) in [5.74, 6) is -0.579. The molecule has 4 unspecified atom stereocenters. The molecule has 0 aromatic rings. The normalized spacial score (nSPS) is 25.2. The molecule has 0 radical (unpaired) electrons. The molecule has 1 aliphatic rings. The monoisotopic (exact) mass is 350 g/mol. The number of aliphatic hydroxyl groups excluding tert-OH is 2. The second kappa shape index (κ2) is 12.0. The lowest BCUT2D eigenvalue weighted by atomic mass is 9.89. The Balaban J connectivity index is 2.48. The van der Waals surface area contributed by atoms with Crippen LogP contribution in [-0.4, -0.2) is 33.5 Å². The summed E-state index contributed by atoms with van der Waals surface area (Å²) < 4.78 is 0. The highest BCUT2D eigenvalue weighted by Gasteiger charge is 2.35. The van der Waals surface area contributed by atoms with Gasteiger partial charge >= 0.3 is 5.97 Å². The van der Waals surface area contributed by atoms with Crippen molar-refractivity contribution in [2.75, 3.05) is 0 Å². The molecule has 0 heterocycles. The quantitative estimate of drug-likeness (QED) is 0.363. The molecular formula is C21H34O4. The average Bonchev–Trinajstić information content (AvgIpc) is 2.82. The molecule has 1 saturated carbocycles. The van der Waals surface area contributed by atoms with E-state index in [1.54, 1.807) is 0 Å². The van der Waals surface area contributed by atoms with Gasteiger partial charge in [0.15, 0.2) is 0 Å². The highest BCUT2D eigenvalue weighted by molar-refractivity contribution is 5.66. The van der Waals surface area contributed by atoms with Gasteiger partial charge in [0, 0.05) is 12.3 Å². The first-order chi connectivity index (χ1) is 12.0. The van der Waals surface area contributed by atoms with Gasteiger partial charge in [-0.3, -0.25) is 4.79 Å². The molecule has 0 aromatic heterocycles. The van der Waals surface area contributed by atoms with Crippen molar-refractivity contribution in [3.05, 3.63) is 36.5 Å². The predicted octanol–water partition coefficient (Wildman–Crippen LogP) is 4.24. The van der Waals surface area contributed by atoms with E-state index in [-0.39, 0.29) is 18.3 Å². The number of unbranched alkanes of at least 4 members (excludes halogenated alkanes) is 3. The minimum Gasteiger partial charge on any atom is -0.481 e. The fourth-order valence-electron chi connectivity index (χ4n) is 3.37. The van der Waals surface area contributed by atoms with Gasteiger partial charge < -0.3 is 15.3 Å². The molecule has 0 saturated heterocycles. The number of carbonyl (C=O) groups is 1. The first-order valence-corrected chi connectivity index (χ1v) is 9.54. The van der Waals surface area contributed by atoms with Crippen molar-refractivity contribution < 1.29 is 20.1 Å². The van der Waals surface area contributed by atoms with Crippen LogP contribution in [0, 0.1) is 11.8 Å². The molecule has 0 amide bonds. The summed E-state index contributed by atoms with van der Waals surface area (Å²) >= 11 is 0. The Labute approximate surface area is 152 Å². The summed E-state index contributed by atoms with van der Waals surface area (Å²) in [7, 11) is 0. The molecular weight excluding hydrogens is 316 g/mol. The second-order valence-electron chi connectivity index (χ2n) is 7.05. The van der Waals surface area contributed by atoms with Crippen LogP contribution in [0.15, 0.2) is 36.5 Å². The first kappa shape index (κ1) is 21.7. The largest absolute Gasteiger partial charge is 0.481 e. The Morgan fingerprint density at radius 1 is 1.32 bits per heavy atom. The van der Waals surface area contributed by atoms with E-state index < -0.39 is 18.2 Å². The number of carboxylic acid groups (broad SMARTS) is 1. The summed E-state index contributed by atoms with van der Waals surface area (Å²) in [6.45, 7) is 6.24. The molecule has 3 N–H and O–H groups in total. The standard InChI is InChI=1S/C21H34O4/c1-3-4-7-10-17(22)13-14-19-18(16(2)15-20(19)23)11-8-5-6-9-12-21(24)25/h5,8,13-14,17-20,22-23H,2-4,6-7,9-12,15H2,1H3,(H,24,25). The van der Waals surface area contributed by atoms with E-state index in [1.807, 2.05) is 18.2 Å². The van der Waals surface area contributed by atoms with E-state index >= 15 is 0 Å². The average molecular weight is 350 g/mol. The second-order valence-corrected chi connectivity index (χ2v) is 7.05. The van der Waals surface area contributed by atoms with E-state index in [4.69, 9.17) is 5.11 Å². The van der Waals surface area contributed by atoms with E-state index in [9.17, 15) is 15.0 Å². The van der Waals surface area contributed by atoms with Crippen molar-refractivity contribution in [3.63, 3.8) is 0 Å². The van der Waals surface area contributed by atoms with Gasteiger partial charge in [-0.1, -0.05) is 62.6 Å². The SMILES string of the molecule is C=C1CC(O)C(C=CC(O)CCCCC)C1CC=CCCCC(=O)O. The van der Waals surface area contributed by atoms with Crippen molar-refractivity contribution in [2.24, 2.45) is 11.8 Å². The van der Waals surface area contributed by atoms with E-state index in [2.05, 4.69) is 19.6 Å². The van der Waals surface area contributed by atoms with Gasteiger partial charge in [0.2, 0.25) is 0 Å². The number of aliphatic carboxylic acids is 1. The minimum absolute atomic E-state index is 0.00278. The Kier molecular flexibility index (Phi) is 10.4. The molecule has 25 heavy (non-hydrogen) atoms. The zero-order chi connectivity index (χ0) is 18.7. The van der Waals surface area contributed by atoms with Gasteiger partial charge in [-0.05, 0) is 38.0 Å². The maximum atomic E-state index is 10.5. The minimum atomic E-state index is -0.761. The third kappa shape index (κ3) is 8.50. The molecule has 4 heteroatoms. The van der Waals surface area contributed by atoms with Crippen LogP contribution in [-0.2, 0) is 4.79 Å². The van der Waals surface area contributed by atoms with Crippen LogP contribution in [0.4, 0.5) is 0 Å². The third-order valence-corrected chi connectivity index (χ3v) is 4.88. The summed E-state index contributed by atoms with van der Waals surface area (Å²) in [6, 6.07) is 0. The van der Waals surface area contributed by atoms with Crippen molar-refractivity contribution in [3.8, 4) is 0 Å². The molecule has 4 atom stereocenters. The van der Waals surface area contributed by atoms with E-state index in [0.29, 0.717) is 12.8 Å². The smallest absolute Gasteiger partial charge is 0.303 e. The van der Waals surface area contributed by atoms with Gasteiger partial charge in [0.1, 0.15) is 0 Å². The van der Waals surface area contributed by atoms with Gasteiger partial charge in [0.25, 0.3) is 0 Å². The van der Waals surface area contributed by atoms with Crippen molar-refractivity contribution >= 4 is 5.97 Å². The molecule has 1 rings (SSSR count). The summed E-state index contributed by atoms with van der Waals surface area (Å²) in [6.07, 6.45) is 14.0. The summed E-state index contributed by atoms with van der Waals surface area (Å²) in [4.78, 5) is 10.5. The Morgan fingerprint density at radius 2 is 2.08 bits per heavy atom. The maximum absolute atomic E-state index is 10.5. The van der Waals surface area contributed by atoms with Crippen LogP contribution in [0.25, 0.3) is 0 Å². The fourth-order valence-corrected chi connectivity index (χ4v) is 3.37. The number of carboxylic acids is 1. The molecule has 1 aliphatic carbocycles. The van der Waals surface area contributed by atoms with Crippen LogP contribution < -0.4 is 0 Å². The molecule has 0 aromatic carbocycles. The Hall–Kier alpha value is -1.39. The number of hydrogen-bond donors (Lipinski definition) is 3. The van der Waals surface area contributed by atoms with Gasteiger partial charge in [-0.25, -0.2) is 0 Å². The molecule has 0 bridgehead atoms. The lowest BCUT2D eigenvalue weighted by molar-refractivity contribution is -0.137. The lowest BCUT2D eigenvalue weighted by Crippen LogP contribution is -2.17. The summed E-state index contributed by atoms with van der Waals surface area (Å²) in [5, 5.41) is 28.9. The van der Waals surface area contributed by atoms with Gasteiger partial charge in [-0.2, -0.15) is 0 Å². The molecule has 0 aliphatic heterocycles. The number of rotatable bonds is 12.